The first-order valence-electron chi connectivity index (χ1n) is 7.18. The highest BCUT2D eigenvalue weighted by atomic mass is 35.5. The number of carbonyl (C=O) groups is 1. The van der Waals surface area contributed by atoms with E-state index in [2.05, 4.69) is 16.4 Å². The van der Waals surface area contributed by atoms with Crippen LogP contribution in [0.4, 0.5) is 5.69 Å². The third-order valence-corrected chi connectivity index (χ3v) is 3.72. The molecule has 5 nitrogen and oxygen atoms in total. The summed E-state index contributed by atoms with van der Waals surface area (Å²) in [6.45, 7) is 0.655. The van der Waals surface area contributed by atoms with E-state index in [4.69, 9.17) is 16.9 Å². The SMILES string of the molecule is CN(CCc1ccccn1)C(=O)CNc1c(Cl)cccc1C#N. The first kappa shape index (κ1) is 16.8. The van der Waals surface area contributed by atoms with Gasteiger partial charge in [-0.2, -0.15) is 5.26 Å². The number of anilines is 1. The van der Waals surface area contributed by atoms with Crippen LogP contribution < -0.4 is 5.32 Å². The number of hydrogen-bond acceptors (Lipinski definition) is 4. The van der Waals surface area contributed by atoms with E-state index >= 15 is 0 Å². The van der Waals surface area contributed by atoms with Gasteiger partial charge >= 0.3 is 0 Å². The Hall–Kier alpha value is -2.58. The molecule has 6 heteroatoms. The Kier molecular flexibility index (Phi) is 5.95. The van der Waals surface area contributed by atoms with Crippen molar-refractivity contribution in [1.82, 2.24) is 9.88 Å². The van der Waals surface area contributed by atoms with Gasteiger partial charge < -0.3 is 10.2 Å². The number of nitrogens with one attached hydrogen (secondary N) is 1. The van der Waals surface area contributed by atoms with Crippen molar-refractivity contribution >= 4 is 23.2 Å². The smallest absolute Gasteiger partial charge is 0.241 e. The number of hydrogen-bond donors (Lipinski definition) is 1. The summed E-state index contributed by atoms with van der Waals surface area (Å²) in [6.07, 6.45) is 2.43. The number of nitrogens with zero attached hydrogens (tertiary/aromatic N) is 3. The number of amides is 1. The van der Waals surface area contributed by atoms with E-state index < -0.39 is 0 Å². The number of pyridine rings is 1. The Morgan fingerprint density at radius 3 is 2.87 bits per heavy atom. The van der Waals surface area contributed by atoms with Crippen molar-refractivity contribution in [2.75, 3.05) is 25.5 Å². The lowest BCUT2D eigenvalue weighted by atomic mass is 10.2. The largest absolute Gasteiger partial charge is 0.374 e. The zero-order valence-electron chi connectivity index (χ0n) is 12.8. The van der Waals surface area contributed by atoms with E-state index in [0.717, 1.165) is 5.69 Å². The van der Waals surface area contributed by atoms with E-state index in [1.165, 1.54) is 0 Å². The molecule has 1 amide bonds. The van der Waals surface area contributed by atoms with E-state index in [0.29, 0.717) is 29.2 Å². The summed E-state index contributed by atoms with van der Waals surface area (Å²) in [5.41, 5.74) is 1.85. The molecule has 0 aliphatic carbocycles. The van der Waals surface area contributed by atoms with Crippen LogP contribution in [0, 0.1) is 11.3 Å². The van der Waals surface area contributed by atoms with Gasteiger partial charge in [0.15, 0.2) is 0 Å². The summed E-state index contributed by atoms with van der Waals surface area (Å²) < 4.78 is 0. The van der Waals surface area contributed by atoms with Gasteiger partial charge in [-0.1, -0.05) is 23.7 Å². The lowest BCUT2D eigenvalue weighted by molar-refractivity contribution is -0.127. The van der Waals surface area contributed by atoms with Crippen molar-refractivity contribution in [1.29, 1.82) is 5.26 Å². The predicted octanol–water partition coefficient (Wildman–Crippen LogP) is 2.72. The fraction of sp³-hybridized carbons (Fsp3) is 0.235. The maximum atomic E-state index is 12.2. The summed E-state index contributed by atoms with van der Waals surface area (Å²) in [7, 11) is 1.74. The molecule has 1 aromatic carbocycles. The number of rotatable bonds is 6. The maximum absolute atomic E-state index is 12.2. The number of likely N-dealkylation sites (N-methyl/N-ethyl adjacent to an activating group) is 1. The minimum Gasteiger partial charge on any atom is -0.374 e. The van der Waals surface area contributed by atoms with Crippen molar-refractivity contribution in [3.05, 3.63) is 58.9 Å². The van der Waals surface area contributed by atoms with E-state index in [9.17, 15) is 4.79 Å². The Bertz CT molecular complexity index is 712. The van der Waals surface area contributed by atoms with Crippen molar-refractivity contribution in [2.24, 2.45) is 0 Å². The topological polar surface area (TPSA) is 69.0 Å². The fourth-order valence-electron chi connectivity index (χ4n) is 2.05. The lowest BCUT2D eigenvalue weighted by Gasteiger charge is -2.18. The van der Waals surface area contributed by atoms with Crippen LogP contribution in [0.15, 0.2) is 42.6 Å². The van der Waals surface area contributed by atoms with Crippen molar-refractivity contribution in [3.63, 3.8) is 0 Å². The Balaban J connectivity index is 1.88. The Labute approximate surface area is 140 Å². The molecule has 0 atom stereocenters. The number of benzene rings is 1. The molecule has 1 heterocycles. The van der Waals surface area contributed by atoms with Gasteiger partial charge in [0, 0.05) is 31.9 Å². The first-order chi connectivity index (χ1) is 11.1. The van der Waals surface area contributed by atoms with Crippen molar-refractivity contribution in [2.45, 2.75) is 6.42 Å². The second-order valence-corrected chi connectivity index (χ2v) is 5.42. The molecule has 0 aliphatic heterocycles. The van der Waals surface area contributed by atoms with Crippen LogP contribution in [-0.4, -0.2) is 35.9 Å². The highest BCUT2D eigenvalue weighted by Crippen LogP contribution is 2.25. The molecule has 1 aromatic heterocycles. The second kappa shape index (κ2) is 8.16. The van der Waals surface area contributed by atoms with Gasteiger partial charge in [0.1, 0.15) is 6.07 Å². The number of nitriles is 1. The third-order valence-electron chi connectivity index (χ3n) is 3.41. The zero-order chi connectivity index (χ0) is 16.7. The van der Waals surface area contributed by atoms with Gasteiger partial charge in [-0.05, 0) is 24.3 Å². The van der Waals surface area contributed by atoms with E-state index in [1.807, 2.05) is 18.2 Å². The number of halogens is 1. The average molecular weight is 329 g/mol. The monoisotopic (exact) mass is 328 g/mol. The summed E-state index contributed by atoms with van der Waals surface area (Å²) in [5, 5.41) is 12.5. The molecular weight excluding hydrogens is 312 g/mol. The summed E-state index contributed by atoms with van der Waals surface area (Å²) in [4.78, 5) is 18.0. The molecule has 0 bridgehead atoms. The molecule has 0 saturated carbocycles. The number of para-hydroxylation sites is 1. The predicted molar refractivity (Wildman–Crippen MR) is 90.2 cm³/mol. The highest BCUT2D eigenvalue weighted by molar-refractivity contribution is 6.33. The van der Waals surface area contributed by atoms with E-state index in [1.54, 1.807) is 36.3 Å². The normalized spacial score (nSPS) is 9.96. The van der Waals surface area contributed by atoms with Gasteiger partial charge in [0.2, 0.25) is 5.91 Å². The summed E-state index contributed by atoms with van der Waals surface area (Å²) in [5.74, 6) is -0.0789. The summed E-state index contributed by atoms with van der Waals surface area (Å²) >= 11 is 6.07. The molecular formula is C17H17ClN4O. The highest BCUT2D eigenvalue weighted by Gasteiger charge is 2.12. The van der Waals surface area contributed by atoms with Gasteiger partial charge in [0.25, 0.3) is 0 Å². The standard InChI is InChI=1S/C17H17ClN4O/c1-22(10-8-14-6-2-3-9-20-14)16(23)12-21-17-13(11-19)5-4-7-15(17)18/h2-7,9,21H,8,10,12H2,1H3. The molecule has 2 rings (SSSR count). The second-order valence-electron chi connectivity index (χ2n) is 5.01. The first-order valence-corrected chi connectivity index (χ1v) is 7.56. The van der Waals surface area contributed by atoms with Crippen LogP contribution in [0.3, 0.4) is 0 Å². The minimum absolute atomic E-state index is 0.0789. The van der Waals surface area contributed by atoms with Crippen LogP contribution in [0.1, 0.15) is 11.3 Å². The average Bonchev–Trinajstić information content (AvgIpc) is 2.58. The van der Waals surface area contributed by atoms with Crippen LogP contribution in [0.5, 0.6) is 0 Å². The van der Waals surface area contributed by atoms with Crippen LogP contribution in [0.2, 0.25) is 5.02 Å². The number of aromatic nitrogens is 1. The van der Waals surface area contributed by atoms with Gasteiger partial charge in [-0.3, -0.25) is 9.78 Å². The molecule has 0 aliphatic rings. The van der Waals surface area contributed by atoms with Crippen molar-refractivity contribution in [3.8, 4) is 6.07 Å². The molecule has 0 unspecified atom stereocenters. The third kappa shape index (κ3) is 4.70. The molecule has 118 valence electrons. The zero-order valence-corrected chi connectivity index (χ0v) is 13.5. The molecule has 0 fully saturated rings. The van der Waals surface area contributed by atoms with Gasteiger partial charge in [-0.15, -0.1) is 0 Å². The Morgan fingerprint density at radius 1 is 1.35 bits per heavy atom. The van der Waals surface area contributed by atoms with Crippen LogP contribution in [-0.2, 0) is 11.2 Å². The molecule has 1 N–H and O–H groups in total. The van der Waals surface area contributed by atoms with Gasteiger partial charge in [0.05, 0.1) is 22.8 Å². The Morgan fingerprint density at radius 2 is 2.17 bits per heavy atom. The molecule has 0 radical (unpaired) electrons. The molecule has 23 heavy (non-hydrogen) atoms. The fourth-order valence-corrected chi connectivity index (χ4v) is 2.29. The minimum atomic E-state index is -0.0789. The van der Waals surface area contributed by atoms with Gasteiger partial charge in [-0.25, -0.2) is 0 Å². The van der Waals surface area contributed by atoms with E-state index in [-0.39, 0.29) is 12.5 Å². The van der Waals surface area contributed by atoms with Crippen LogP contribution in [0.25, 0.3) is 0 Å². The quantitative estimate of drug-likeness (QED) is 0.885. The molecule has 0 spiro atoms. The molecule has 0 saturated heterocycles. The van der Waals surface area contributed by atoms with Crippen molar-refractivity contribution < 1.29 is 4.79 Å². The summed E-state index contributed by atoms with van der Waals surface area (Å²) in [6, 6.07) is 12.8. The lowest BCUT2D eigenvalue weighted by Crippen LogP contribution is -2.34. The van der Waals surface area contributed by atoms with Crippen LogP contribution >= 0.6 is 11.6 Å². The number of carbonyl (C=O) groups excluding carboxylic acids is 1. The molecule has 2 aromatic rings. The maximum Gasteiger partial charge on any atom is 0.241 e.